The average molecular weight is 287 g/mol. The van der Waals surface area contributed by atoms with Crippen LogP contribution in [0.2, 0.25) is 0 Å². The Morgan fingerprint density at radius 1 is 0.952 bits per heavy atom. The third-order valence-corrected chi connectivity index (χ3v) is 2.66. The van der Waals surface area contributed by atoms with Crippen molar-refractivity contribution in [2.75, 3.05) is 6.54 Å². The number of aromatic hydroxyl groups is 2. The number of hydrogen-bond donors (Lipinski definition) is 3. The smallest absolute Gasteiger partial charge is 0.220 e. The molecule has 1 amide bonds. The summed E-state index contributed by atoms with van der Waals surface area (Å²) in [4.78, 5) is 10.1. The lowest BCUT2D eigenvalue weighted by Crippen LogP contribution is -2.12. The van der Waals surface area contributed by atoms with Gasteiger partial charge in [0.05, 0.1) is 0 Å². The molecule has 4 heteroatoms. The molecule has 1 fully saturated rings. The highest BCUT2D eigenvalue weighted by molar-refractivity contribution is 5.77. The molecule has 1 heterocycles. The van der Waals surface area contributed by atoms with Gasteiger partial charge in [-0.1, -0.05) is 30.3 Å². The molecule has 0 unspecified atom stereocenters. The van der Waals surface area contributed by atoms with Crippen molar-refractivity contribution in [1.29, 1.82) is 0 Å². The second kappa shape index (κ2) is 9.42. The molecule has 3 rings (SSSR count). The molecule has 2 aromatic carbocycles. The van der Waals surface area contributed by atoms with Gasteiger partial charge in [-0.2, -0.15) is 0 Å². The summed E-state index contributed by atoms with van der Waals surface area (Å²) >= 11 is 0. The molecule has 0 bridgehead atoms. The van der Waals surface area contributed by atoms with Gasteiger partial charge in [-0.25, -0.2) is 0 Å². The normalized spacial score (nSPS) is 12.3. The first-order valence-electron chi connectivity index (χ1n) is 6.84. The number of rotatable bonds is 0. The van der Waals surface area contributed by atoms with Gasteiger partial charge < -0.3 is 15.5 Å². The van der Waals surface area contributed by atoms with Crippen molar-refractivity contribution in [2.45, 2.75) is 19.8 Å². The van der Waals surface area contributed by atoms with E-state index < -0.39 is 0 Å². The molecule has 0 saturated carbocycles. The van der Waals surface area contributed by atoms with Crippen LogP contribution in [0.4, 0.5) is 0 Å². The summed E-state index contributed by atoms with van der Waals surface area (Å²) in [6, 6.07) is 15.9. The fourth-order valence-electron chi connectivity index (χ4n) is 1.62. The maximum atomic E-state index is 10.1. The molecule has 0 spiro atoms. The third kappa shape index (κ3) is 8.31. The number of nitrogens with one attached hydrogen (secondary N) is 1. The summed E-state index contributed by atoms with van der Waals surface area (Å²) in [6.45, 7) is 2.83. The van der Waals surface area contributed by atoms with Gasteiger partial charge in [0, 0.05) is 13.0 Å². The zero-order valence-electron chi connectivity index (χ0n) is 12.1. The second-order valence-electron chi connectivity index (χ2n) is 4.63. The van der Waals surface area contributed by atoms with Gasteiger partial charge in [-0.3, -0.25) is 4.79 Å². The molecule has 0 radical (unpaired) electrons. The molecule has 21 heavy (non-hydrogen) atoms. The van der Waals surface area contributed by atoms with Crippen LogP contribution in [0.1, 0.15) is 18.4 Å². The van der Waals surface area contributed by atoms with E-state index in [1.54, 1.807) is 36.4 Å². The van der Waals surface area contributed by atoms with Crippen molar-refractivity contribution in [3.63, 3.8) is 0 Å². The maximum Gasteiger partial charge on any atom is 0.220 e. The minimum atomic E-state index is 0.204. The number of benzene rings is 2. The number of phenols is 2. The predicted molar refractivity (Wildman–Crippen MR) is 83.2 cm³/mol. The summed E-state index contributed by atoms with van der Waals surface area (Å²) < 4.78 is 0. The molecule has 4 nitrogen and oxygen atoms in total. The van der Waals surface area contributed by atoms with Crippen molar-refractivity contribution in [2.24, 2.45) is 0 Å². The zero-order chi connectivity index (χ0) is 15.5. The lowest BCUT2D eigenvalue weighted by atomic mass is 10.2. The SMILES string of the molecule is Cc1cccc(O)c1.O=C1CCCN1.Oc1ccccc1. The molecule has 0 atom stereocenters. The van der Waals surface area contributed by atoms with Crippen LogP contribution in [-0.2, 0) is 4.79 Å². The van der Waals surface area contributed by atoms with Crippen molar-refractivity contribution in [3.8, 4) is 11.5 Å². The highest BCUT2D eigenvalue weighted by Gasteiger charge is 2.05. The Balaban J connectivity index is 0.000000159. The van der Waals surface area contributed by atoms with Gasteiger partial charge in [0.15, 0.2) is 0 Å². The molecular formula is C17H21NO3. The molecule has 1 aliphatic heterocycles. The summed E-state index contributed by atoms with van der Waals surface area (Å²) in [7, 11) is 0. The zero-order valence-corrected chi connectivity index (χ0v) is 12.1. The van der Waals surface area contributed by atoms with E-state index in [0.717, 1.165) is 24.9 Å². The lowest BCUT2D eigenvalue weighted by Gasteiger charge is -1.89. The topological polar surface area (TPSA) is 69.6 Å². The Morgan fingerprint density at radius 2 is 1.62 bits per heavy atom. The van der Waals surface area contributed by atoms with Crippen LogP contribution >= 0.6 is 0 Å². The van der Waals surface area contributed by atoms with E-state index in [1.807, 2.05) is 25.1 Å². The minimum absolute atomic E-state index is 0.204. The Bertz CT molecular complexity index is 515. The van der Waals surface area contributed by atoms with Gasteiger partial charge >= 0.3 is 0 Å². The van der Waals surface area contributed by atoms with Crippen molar-refractivity contribution >= 4 is 5.91 Å². The Hall–Kier alpha value is -2.49. The van der Waals surface area contributed by atoms with Crippen LogP contribution in [0.25, 0.3) is 0 Å². The Kier molecular flexibility index (Phi) is 7.43. The van der Waals surface area contributed by atoms with Crippen LogP contribution in [-0.4, -0.2) is 22.7 Å². The second-order valence-corrected chi connectivity index (χ2v) is 4.63. The molecule has 0 aromatic heterocycles. The van der Waals surface area contributed by atoms with E-state index >= 15 is 0 Å². The molecule has 2 aromatic rings. The molecule has 1 aliphatic rings. The standard InChI is InChI=1S/C7H8O.C6H6O.C4H7NO/c1-6-3-2-4-7(8)5-6;7-6-4-2-1-3-5-6;6-4-2-1-3-5-4/h2-5,8H,1H3;1-5,7H;1-3H2,(H,5,6). The largest absolute Gasteiger partial charge is 0.508 e. The number of carbonyl (C=O) groups excluding carboxylic acids is 1. The van der Waals surface area contributed by atoms with Gasteiger partial charge in [0.2, 0.25) is 5.91 Å². The first-order valence-corrected chi connectivity index (χ1v) is 6.84. The number of para-hydroxylation sites is 1. The van der Waals surface area contributed by atoms with Crippen LogP contribution in [0, 0.1) is 6.92 Å². The van der Waals surface area contributed by atoms with Crippen LogP contribution in [0.15, 0.2) is 54.6 Å². The van der Waals surface area contributed by atoms with E-state index in [2.05, 4.69) is 5.32 Å². The molecule has 1 saturated heterocycles. The highest BCUT2D eigenvalue weighted by Crippen LogP contribution is 2.08. The number of carbonyl (C=O) groups is 1. The van der Waals surface area contributed by atoms with Crippen LogP contribution in [0.5, 0.6) is 11.5 Å². The first kappa shape index (κ1) is 16.6. The quantitative estimate of drug-likeness (QED) is 0.697. The predicted octanol–water partition coefficient (Wildman–Crippen LogP) is 2.99. The van der Waals surface area contributed by atoms with E-state index in [1.165, 1.54) is 0 Å². The van der Waals surface area contributed by atoms with Crippen LogP contribution < -0.4 is 5.32 Å². The third-order valence-electron chi connectivity index (χ3n) is 2.66. The monoisotopic (exact) mass is 287 g/mol. The lowest BCUT2D eigenvalue weighted by molar-refractivity contribution is -0.119. The number of hydrogen-bond acceptors (Lipinski definition) is 3. The van der Waals surface area contributed by atoms with Gasteiger partial charge in [0.25, 0.3) is 0 Å². The highest BCUT2D eigenvalue weighted by atomic mass is 16.3. The summed E-state index contributed by atoms with van der Waals surface area (Å²) in [5.41, 5.74) is 1.09. The van der Waals surface area contributed by atoms with E-state index in [0.29, 0.717) is 11.5 Å². The Morgan fingerprint density at radius 3 is 1.90 bits per heavy atom. The van der Waals surface area contributed by atoms with E-state index in [-0.39, 0.29) is 5.91 Å². The summed E-state index contributed by atoms with van der Waals surface area (Å²) in [5, 5.41) is 20.1. The molecule has 3 N–H and O–H groups in total. The number of aryl methyl sites for hydroxylation is 1. The molecule has 0 aliphatic carbocycles. The number of phenolic OH excluding ortho intramolecular Hbond substituents is 2. The van der Waals surface area contributed by atoms with Crippen LogP contribution in [0.3, 0.4) is 0 Å². The Labute approximate surface area is 125 Å². The fraction of sp³-hybridized carbons (Fsp3) is 0.235. The number of amides is 1. The van der Waals surface area contributed by atoms with E-state index in [4.69, 9.17) is 10.2 Å². The molecular weight excluding hydrogens is 266 g/mol. The molecule has 112 valence electrons. The first-order chi connectivity index (χ1) is 10.1. The van der Waals surface area contributed by atoms with Gasteiger partial charge in [-0.15, -0.1) is 0 Å². The minimum Gasteiger partial charge on any atom is -0.508 e. The summed E-state index contributed by atoms with van der Waals surface area (Å²) in [6.07, 6.45) is 1.76. The maximum absolute atomic E-state index is 10.1. The van der Waals surface area contributed by atoms with E-state index in [9.17, 15) is 4.79 Å². The van der Waals surface area contributed by atoms with Gasteiger partial charge in [-0.05, 0) is 43.2 Å². The average Bonchev–Trinajstić information content (AvgIpc) is 2.92. The van der Waals surface area contributed by atoms with Crippen molar-refractivity contribution in [3.05, 3.63) is 60.2 Å². The fourth-order valence-corrected chi connectivity index (χ4v) is 1.62. The summed E-state index contributed by atoms with van der Waals surface area (Å²) in [5.74, 6) is 0.863. The van der Waals surface area contributed by atoms with Crippen molar-refractivity contribution < 1.29 is 15.0 Å². The van der Waals surface area contributed by atoms with Gasteiger partial charge in [0.1, 0.15) is 11.5 Å². The van der Waals surface area contributed by atoms with Crippen molar-refractivity contribution in [1.82, 2.24) is 5.32 Å².